The number of nitrogens with zero attached hydrogens (tertiary/aromatic N) is 1. The highest BCUT2D eigenvalue weighted by Gasteiger charge is 2.11. The standard InChI is InChI=1S/C14H16N2O2S2/c1-3-17-11-6-5-9(7-12(11)18-4-2)14-16-10(8-20-14)13(15)19/h5-8H,3-4H2,1-2H3,(H2,15,19). The van der Waals surface area contributed by atoms with Crippen LogP contribution < -0.4 is 15.2 Å². The van der Waals surface area contributed by atoms with Crippen LogP contribution in [-0.4, -0.2) is 23.2 Å². The predicted octanol–water partition coefficient (Wildman–Crippen LogP) is 3.24. The first kappa shape index (κ1) is 14.7. The number of benzene rings is 1. The second-order valence-electron chi connectivity index (χ2n) is 3.93. The second-order valence-corrected chi connectivity index (χ2v) is 5.23. The quantitative estimate of drug-likeness (QED) is 0.830. The molecule has 2 rings (SSSR count). The van der Waals surface area contributed by atoms with Crippen molar-refractivity contribution in [3.63, 3.8) is 0 Å². The normalized spacial score (nSPS) is 10.3. The van der Waals surface area contributed by atoms with Crippen LogP contribution in [0.3, 0.4) is 0 Å². The third-order valence-corrected chi connectivity index (χ3v) is 3.65. The SMILES string of the molecule is CCOc1ccc(-c2nc(C(N)=S)cs2)cc1OCC. The first-order valence-corrected chi connectivity index (χ1v) is 7.59. The van der Waals surface area contributed by atoms with Crippen molar-refractivity contribution in [2.24, 2.45) is 5.73 Å². The molecule has 2 N–H and O–H groups in total. The van der Waals surface area contributed by atoms with E-state index in [1.165, 1.54) is 11.3 Å². The Morgan fingerprint density at radius 2 is 1.95 bits per heavy atom. The summed E-state index contributed by atoms with van der Waals surface area (Å²) in [7, 11) is 0. The van der Waals surface area contributed by atoms with Gasteiger partial charge in [0.05, 0.1) is 13.2 Å². The maximum Gasteiger partial charge on any atom is 0.161 e. The highest BCUT2D eigenvalue weighted by atomic mass is 32.1. The fraction of sp³-hybridized carbons (Fsp3) is 0.286. The van der Waals surface area contributed by atoms with Crippen LogP contribution in [0, 0.1) is 0 Å². The van der Waals surface area contributed by atoms with Gasteiger partial charge in [-0.1, -0.05) is 12.2 Å². The van der Waals surface area contributed by atoms with Gasteiger partial charge >= 0.3 is 0 Å². The van der Waals surface area contributed by atoms with E-state index in [4.69, 9.17) is 27.4 Å². The van der Waals surface area contributed by atoms with Gasteiger partial charge in [0.1, 0.15) is 15.7 Å². The molecular weight excluding hydrogens is 292 g/mol. The van der Waals surface area contributed by atoms with Crippen molar-refractivity contribution in [3.8, 4) is 22.1 Å². The van der Waals surface area contributed by atoms with Crippen LogP contribution in [0.4, 0.5) is 0 Å². The third kappa shape index (κ3) is 3.26. The van der Waals surface area contributed by atoms with E-state index in [-0.39, 0.29) is 0 Å². The Morgan fingerprint density at radius 1 is 1.25 bits per heavy atom. The lowest BCUT2D eigenvalue weighted by atomic mass is 10.2. The van der Waals surface area contributed by atoms with Crippen molar-refractivity contribution < 1.29 is 9.47 Å². The maximum absolute atomic E-state index is 5.61. The zero-order chi connectivity index (χ0) is 14.5. The average molecular weight is 308 g/mol. The Labute approximate surface area is 127 Å². The fourth-order valence-corrected chi connectivity index (χ4v) is 2.70. The summed E-state index contributed by atoms with van der Waals surface area (Å²) in [5, 5.41) is 2.71. The maximum atomic E-state index is 5.61. The molecule has 1 aromatic heterocycles. The lowest BCUT2D eigenvalue weighted by Gasteiger charge is -2.11. The summed E-state index contributed by atoms with van der Waals surface area (Å²) in [5.41, 5.74) is 7.18. The van der Waals surface area contributed by atoms with Gasteiger partial charge in [-0.25, -0.2) is 4.98 Å². The molecule has 0 atom stereocenters. The van der Waals surface area contributed by atoms with Gasteiger partial charge in [-0.05, 0) is 32.0 Å². The van der Waals surface area contributed by atoms with Gasteiger partial charge in [0.15, 0.2) is 11.5 Å². The van der Waals surface area contributed by atoms with E-state index in [0.29, 0.717) is 23.9 Å². The van der Waals surface area contributed by atoms with Gasteiger partial charge < -0.3 is 15.2 Å². The summed E-state index contributed by atoms with van der Waals surface area (Å²) in [6.07, 6.45) is 0. The minimum Gasteiger partial charge on any atom is -0.490 e. The van der Waals surface area contributed by atoms with E-state index in [9.17, 15) is 0 Å². The summed E-state index contributed by atoms with van der Waals surface area (Å²) in [5.74, 6) is 1.46. The Kier molecular flexibility index (Phi) is 4.92. The van der Waals surface area contributed by atoms with E-state index >= 15 is 0 Å². The van der Waals surface area contributed by atoms with Crippen molar-refractivity contribution in [1.29, 1.82) is 0 Å². The van der Waals surface area contributed by atoms with Crippen LogP contribution in [0.25, 0.3) is 10.6 Å². The minimum absolute atomic E-state index is 0.309. The Bertz CT molecular complexity index is 611. The molecule has 0 radical (unpaired) electrons. The molecule has 0 bridgehead atoms. The van der Waals surface area contributed by atoms with Crippen molar-refractivity contribution in [1.82, 2.24) is 4.98 Å². The van der Waals surface area contributed by atoms with Gasteiger partial charge in [-0.15, -0.1) is 11.3 Å². The monoisotopic (exact) mass is 308 g/mol. The second kappa shape index (κ2) is 6.67. The number of hydrogen-bond acceptors (Lipinski definition) is 5. The zero-order valence-electron chi connectivity index (χ0n) is 11.4. The number of thiocarbonyl (C=S) groups is 1. The van der Waals surface area contributed by atoms with Gasteiger partial charge in [-0.2, -0.15) is 0 Å². The number of aromatic nitrogens is 1. The predicted molar refractivity (Wildman–Crippen MR) is 85.8 cm³/mol. The molecule has 6 heteroatoms. The Morgan fingerprint density at radius 3 is 2.55 bits per heavy atom. The molecule has 1 aromatic carbocycles. The lowest BCUT2D eigenvalue weighted by molar-refractivity contribution is 0.288. The molecule has 0 amide bonds. The highest BCUT2D eigenvalue weighted by molar-refractivity contribution is 7.80. The average Bonchev–Trinajstić information content (AvgIpc) is 2.91. The topological polar surface area (TPSA) is 57.4 Å². The zero-order valence-corrected chi connectivity index (χ0v) is 13.0. The van der Waals surface area contributed by atoms with Crippen LogP contribution in [0.2, 0.25) is 0 Å². The molecule has 0 aliphatic heterocycles. The summed E-state index contributed by atoms with van der Waals surface area (Å²) in [6, 6.07) is 5.78. The van der Waals surface area contributed by atoms with Crippen LogP contribution >= 0.6 is 23.6 Å². The largest absolute Gasteiger partial charge is 0.490 e. The summed E-state index contributed by atoms with van der Waals surface area (Å²) in [4.78, 5) is 4.72. The van der Waals surface area contributed by atoms with Crippen molar-refractivity contribution in [2.75, 3.05) is 13.2 Å². The number of hydrogen-bond donors (Lipinski definition) is 1. The van der Waals surface area contributed by atoms with E-state index in [0.717, 1.165) is 22.1 Å². The van der Waals surface area contributed by atoms with Crippen molar-refractivity contribution >= 4 is 28.5 Å². The number of ether oxygens (including phenoxy) is 2. The number of thiazole rings is 1. The molecule has 0 unspecified atom stereocenters. The van der Waals surface area contributed by atoms with Gasteiger partial charge in [-0.3, -0.25) is 0 Å². The first-order valence-electron chi connectivity index (χ1n) is 6.31. The molecule has 0 aliphatic rings. The highest BCUT2D eigenvalue weighted by Crippen LogP contribution is 2.34. The summed E-state index contributed by atoms with van der Waals surface area (Å²) >= 11 is 6.43. The molecule has 20 heavy (non-hydrogen) atoms. The van der Waals surface area contributed by atoms with Gasteiger partial charge in [0.2, 0.25) is 0 Å². The molecule has 0 saturated heterocycles. The van der Waals surface area contributed by atoms with Crippen LogP contribution in [0.1, 0.15) is 19.5 Å². The van der Waals surface area contributed by atoms with Crippen molar-refractivity contribution in [3.05, 3.63) is 29.3 Å². The molecule has 0 saturated carbocycles. The molecule has 0 spiro atoms. The Balaban J connectivity index is 2.36. The molecule has 4 nitrogen and oxygen atoms in total. The van der Waals surface area contributed by atoms with E-state index in [2.05, 4.69) is 4.98 Å². The minimum atomic E-state index is 0.309. The molecular formula is C14H16N2O2S2. The van der Waals surface area contributed by atoms with Crippen LogP contribution in [0.15, 0.2) is 23.6 Å². The van der Waals surface area contributed by atoms with Gasteiger partial charge in [0, 0.05) is 10.9 Å². The van der Waals surface area contributed by atoms with E-state index < -0.39 is 0 Å². The fourth-order valence-electron chi connectivity index (χ4n) is 1.70. The van der Waals surface area contributed by atoms with Crippen LogP contribution in [-0.2, 0) is 0 Å². The molecule has 0 aliphatic carbocycles. The summed E-state index contributed by atoms with van der Waals surface area (Å²) in [6.45, 7) is 5.07. The lowest BCUT2D eigenvalue weighted by Crippen LogP contribution is -2.09. The smallest absolute Gasteiger partial charge is 0.161 e. The molecule has 0 fully saturated rings. The Hall–Kier alpha value is -1.66. The first-order chi connectivity index (χ1) is 9.65. The van der Waals surface area contributed by atoms with Crippen LogP contribution in [0.5, 0.6) is 11.5 Å². The van der Waals surface area contributed by atoms with Crippen molar-refractivity contribution in [2.45, 2.75) is 13.8 Å². The third-order valence-electron chi connectivity index (χ3n) is 2.55. The van der Waals surface area contributed by atoms with E-state index in [1.807, 2.05) is 37.4 Å². The number of nitrogens with two attached hydrogens (primary N) is 1. The van der Waals surface area contributed by atoms with Gasteiger partial charge in [0.25, 0.3) is 0 Å². The molecule has 2 aromatic rings. The van der Waals surface area contributed by atoms with E-state index in [1.54, 1.807) is 0 Å². The summed E-state index contributed by atoms with van der Waals surface area (Å²) < 4.78 is 11.1. The molecule has 106 valence electrons. The molecule has 1 heterocycles. The number of rotatable bonds is 6.